The standard InChI is InChI=1S/C18H15ClN2O3/c1-12-17(11-23-16-4-2-3-13(9-16)10-20-22)21-18(24-12)14-5-7-15(19)8-6-14/h2-10,22H,11H2,1H3/b20-10+. The Morgan fingerprint density at radius 1 is 1.25 bits per heavy atom. The molecular formula is C18H15ClN2O3. The Hall–Kier alpha value is -2.79. The van der Waals surface area contributed by atoms with E-state index in [1.54, 1.807) is 18.2 Å². The van der Waals surface area contributed by atoms with E-state index < -0.39 is 0 Å². The Morgan fingerprint density at radius 3 is 2.79 bits per heavy atom. The number of benzene rings is 2. The SMILES string of the molecule is Cc1oc(-c2ccc(Cl)cc2)nc1COc1cccc(/C=N/O)c1. The van der Waals surface area contributed by atoms with Gasteiger partial charge in [0.15, 0.2) is 0 Å². The number of halogens is 1. The van der Waals surface area contributed by atoms with Crippen molar-refractivity contribution in [3.05, 3.63) is 70.6 Å². The molecule has 6 heteroatoms. The van der Waals surface area contributed by atoms with Crippen molar-refractivity contribution in [3.8, 4) is 17.2 Å². The molecule has 2 aromatic carbocycles. The van der Waals surface area contributed by atoms with Gasteiger partial charge in [-0.05, 0) is 48.9 Å². The molecule has 0 fully saturated rings. The summed E-state index contributed by atoms with van der Waals surface area (Å²) in [4.78, 5) is 4.48. The molecule has 3 aromatic rings. The molecule has 24 heavy (non-hydrogen) atoms. The average Bonchev–Trinajstić information content (AvgIpc) is 2.95. The zero-order chi connectivity index (χ0) is 16.9. The lowest BCUT2D eigenvalue weighted by molar-refractivity contribution is 0.299. The highest BCUT2D eigenvalue weighted by molar-refractivity contribution is 6.30. The molecule has 122 valence electrons. The second-order valence-electron chi connectivity index (χ2n) is 5.13. The Morgan fingerprint density at radius 2 is 2.04 bits per heavy atom. The summed E-state index contributed by atoms with van der Waals surface area (Å²) in [5.41, 5.74) is 2.32. The highest BCUT2D eigenvalue weighted by Crippen LogP contribution is 2.24. The topological polar surface area (TPSA) is 67.9 Å². The number of aryl methyl sites for hydroxylation is 1. The van der Waals surface area contributed by atoms with Crippen LogP contribution in [0.2, 0.25) is 5.02 Å². The van der Waals surface area contributed by atoms with Gasteiger partial charge in [0.1, 0.15) is 23.8 Å². The van der Waals surface area contributed by atoms with Gasteiger partial charge in [-0.25, -0.2) is 4.98 Å². The van der Waals surface area contributed by atoms with Gasteiger partial charge in [-0.15, -0.1) is 0 Å². The van der Waals surface area contributed by atoms with Crippen molar-refractivity contribution >= 4 is 17.8 Å². The van der Waals surface area contributed by atoms with Crippen LogP contribution in [0.4, 0.5) is 0 Å². The summed E-state index contributed by atoms with van der Waals surface area (Å²) in [5, 5.41) is 12.2. The first-order valence-corrected chi connectivity index (χ1v) is 7.66. The Kier molecular flexibility index (Phi) is 4.82. The smallest absolute Gasteiger partial charge is 0.226 e. The number of aromatic nitrogens is 1. The highest BCUT2D eigenvalue weighted by atomic mass is 35.5. The van der Waals surface area contributed by atoms with Crippen LogP contribution < -0.4 is 4.74 Å². The third-order valence-corrected chi connectivity index (χ3v) is 3.68. The summed E-state index contributed by atoms with van der Waals surface area (Å²) in [6.45, 7) is 2.13. The molecule has 0 aliphatic carbocycles. The van der Waals surface area contributed by atoms with Gasteiger partial charge in [0.2, 0.25) is 5.89 Å². The molecule has 0 saturated heterocycles. The molecular weight excluding hydrogens is 328 g/mol. The van der Waals surface area contributed by atoms with Crippen molar-refractivity contribution in [2.45, 2.75) is 13.5 Å². The maximum Gasteiger partial charge on any atom is 0.226 e. The first-order chi connectivity index (χ1) is 11.7. The Labute approximate surface area is 144 Å². The number of rotatable bonds is 5. The zero-order valence-corrected chi connectivity index (χ0v) is 13.7. The van der Waals surface area contributed by atoms with Crippen molar-refractivity contribution in [1.82, 2.24) is 4.98 Å². The Balaban J connectivity index is 1.74. The van der Waals surface area contributed by atoms with E-state index in [-0.39, 0.29) is 6.61 Å². The van der Waals surface area contributed by atoms with Crippen molar-refractivity contribution < 1.29 is 14.4 Å². The van der Waals surface area contributed by atoms with Crippen molar-refractivity contribution in [3.63, 3.8) is 0 Å². The summed E-state index contributed by atoms with van der Waals surface area (Å²) in [6.07, 6.45) is 1.34. The van der Waals surface area contributed by atoms with E-state index in [1.165, 1.54) is 6.21 Å². The van der Waals surface area contributed by atoms with Crippen LogP contribution in [0.15, 0.2) is 58.1 Å². The summed E-state index contributed by atoms with van der Waals surface area (Å²) >= 11 is 5.89. The van der Waals surface area contributed by atoms with E-state index in [1.807, 2.05) is 37.3 Å². The molecule has 0 unspecified atom stereocenters. The van der Waals surface area contributed by atoms with Crippen molar-refractivity contribution in [2.75, 3.05) is 0 Å². The fraction of sp³-hybridized carbons (Fsp3) is 0.111. The number of oxazole rings is 1. The van der Waals surface area contributed by atoms with Crippen LogP contribution in [-0.4, -0.2) is 16.4 Å². The van der Waals surface area contributed by atoms with Gasteiger partial charge < -0.3 is 14.4 Å². The zero-order valence-electron chi connectivity index (χ0n) is 12.9. The number of hydrogen-bond donors (Lipinski definition) is 1. The first kappa shape index (κ1) is 16.1. The largest absolute Gasteiger partial charge is 0.487 e. The summed E-state index contributed by atoms with van der Waals surface area (Å²) in [5.74, 6) is 1.89. The van der Waals surface area contributed by atoms with Crippen LogP contribution in [0.1, 0.15) is 17.0 Å². The van der Waals surface area contributed by atoms with E-state index in [9.17, 15) is 0 Å². The molecule has 0 bridgehead atoms. The van der Waals surface area contributed by atoms with Crippen LogP contribution >= 0.6 is 11.6 Å². The lowest BCUT2D eigenvalue weighted by Crippen LogP contribution is -1.98. The lowest BCUT2D eigenvalue weighted by atomic mass is 10.2. The van der Waals surface area contributed by atoms with Crippen LogP contribution in [0, 0.1) is 6.92 Å². The van der Waals surface area contributed by atoms with E-state index in [0.717, 1.165) is 16.8 Å². The highest BCUT2D eigenvalue weighted by Gasteiger charge is 2.12. The molecule has 3 rings (SSSR count). The van der Waals surface area contributed by atoms with Crippen molar-refractivity contribution in [2.24, 2.45) is 5.16 Å². The molecule has 0 saturated carbocycles. The van der Waals surface area contributed by atoms with Crippen LogP contribution in [0.3, 0.4) is 0 Å². The average molecular weight is 343 g/mol. The molecule has 1 heterocycles. The lowest BCUT2D eigenvalue weighted by Gasteiger charge is -2.04. The quantitative estimate of drug-likeness (QED) is 0.415. The second kappa shape index (κ2) is 7.19. The van der Waals surface area contributed by atoms with E-state index >= 15 is 0 Å². The molecule has 0 amide bonds. The van der Waals surface area contributed by atoms with Gasteiger partial charge in [0.05, 0.1) is 6.21 Å². The van der Waals surface area contributed by atoms with Gasteiger partial charge in [0.25, 0.3) is 0 Å². The number of oxime groups is 1. The summed E-state index contributed by atoms with van der Waals surface area (Å²) in [6, 6.07) is 14.5. The van der Waals surface area contributed by atoms with E-state index in [4.69, 9.17) is 26.0 Å². The second-order valence-corrected chi connectivity index (χ2v) is 5.57. The maximum absolute atomic E-state index is 8.58. The number of nitrogens with zero attached hydrogens (tertiary/aromatic N) is 2. The third-order valence-electron chi connectivity index (χ3n) is 3.42. The van der Waals surface area contributed by atoms with E-state index in [2.05, 4.69) is 10.1 Å². The third kappa shape index (κ3) is 3.75. The first-order valence-electron chi connectivity index (χ1n) is 7.28. The van der Waals surface area contributed by atoms with Gasteiger partial charge in [-0.3, -0.25) is 0 Å². The molecule has 0 atom stereocenters. The minimum absolute atomic E-state index is 0.280. The molecule has 0 aliphatic rings. The predicted octanol–water partition coefficient (Wildman–Crippen LogP) is 4.69. The molecule has 0 aliphatic heterocycles. The molecule has 1 aromatic heterocycles. The maximum atomic E-state index is 8.58. The minimum atomic E-state index is 0.280. The van der Waals surface area contributed by atoms with Gasteiger partial charge in [-0.2, -0.15) is 0 Å². The normalized spacial score (nSPS) is 11.1. The van der Waals surface area contributed by atoms with E-state index in [0.29, 0.717) is 22.4 Å². The molecule has 0 spiro atoms. The van der Waals surface area contributed by atoms with Crippen LogP contribution in [-0.2, 0) is 6.61 Å². The summed E-state index contributed by atoms with van der Waals surface area (Å²) in [7, 11) is 0. The van der Waals surface area contributed by atoms with Gasteiger partial charge in [0, 0.05) is 10.6 Å². The van der Waals surface area contributed by atoms with Crippen LogP contribution in [0.25, 0.3) is 11.5 Å². The monoisotopic (exact) mass is 342 g/mol. The molecule has 1 N–H and O–H groups in total. The molecule has 5 nitrogen and oxygen atoms in total. The minimum Gasteiger partial charge on any atom is -0.487 e. The van der Waals surface area contributed by atoms with Crippen molar-refractivity contribution in [1.29, 1.82) is 0 Å². The van der Waals surface area contributed by atoms with Gasteiger partial charge in [-0.1, -0.05) is 28.9 Å². The molecule has 0 radical (unpaired) electrons. The van der Waals surface area contributed by atoms with Crippen LogP contribution in [0.5, 0.6) is 5.75 Å². The fourth-order valence-electron chi connectivity index (χ4n) is 2.18. The predicted molar refractivity (Wildman–Crippen MR) is 91.8 cm³/mol. The Bertz CT molecular complexity index is 857. The van der Waals surface area contributed by atoms with Gasteiger partial charge >= 0.3 is 0 Å². The number of ether oxygens (including phenoxy) is 1. The number of hydrogen-bond acceptors (Lipinski definition) is 5. The summed E-state index contributed by atoms with van der Waals surface area (Å²) < 4.78 is 11.4. The fourth-order valence-corrected chi connectivity index (χ4v) is 2.31.